The number of aromatic nitrogens is 3. The summed E-state index contributed by atoms with van der Waals surface area (Å²) in [4.78, 5) is 23.5. The van der Waals surface area contributed by atoms with Gasteiger partial charge in [0.2, 0.25) is 15.9 Å². The molecule has 4 rings (SSSR count). The molecule has 0 bridgehead atoms. The molecule has 0 atom stereocenters. The Labute approximate surface area is 170 Å². The zero-order chi connectivity index (χ0) is 20.9. The predicted octanol–water partition coefficient (Wildman–Crippen LogP) is 1.90. The zero-order valence-corrected chi connectivity index (χ0v) is 17.9. The van der Waals surface area contributed by atoms with Gasteiger partial charge in [-0.05, 0) is 46.0 Å². The maximum atomic E-state index is 13.0. The number of sulfonamides is 1. The second-order valence-electron chi connectivity index (χ2n) is 7.89. The molecule has 3 heterocycles. The molecule has 10 heteroatoms. The standard InChI is InChI=1S/C19H25N5O4S/c1-11-15-7-8-17(25)24(9-14-5-6-14)19(15)21-16(20-11)10-23(4)29(26,27)18-12(2)22-28-13(18)3/h14H,5-10H2,1-4H3. The number of hydrogen-bond donors (Lipinski definition) is 0. The second kappa shape index (κ2) is 7.17. The molecule has 2 aromatic heterocycles. The molecule has 1 fully saturated rings. The highest BCUT2D eigenvalue weighted by Gasteiger charge is 2.34. The van der Waals surface area contributed by atoms with E-state index in [0.29, 0.717) is 42.6 Å². The zero-order valence-electron chi connectivity index (χ0n) is 17.1. The van der Waals surface area contributed by atoms with Crippen LogP contribution >= 0.6 is 0 Å². The van der Waals surface area contributed by atoms with E-state index in [2.05, 4.69) is 15.1 Å². The molecule has 9 nitrogen and oxygen atoms in total. The minimum Gasteiger partial charge on any atom is -0.360 e. The predicted molar refractivity (Wildman–Crippen MR) is 105 cm³/mol. The van der Waals surface area contributed by atoms with Crippen molar-refractivity contribution in [1.29, 1.82) is 0 Å². The number of fused-ring (bicyclic) bond motifs is 1. The van der Waals surface area contributed by atoms with Crippen LogP contribution in [-0.4, -0.2) is 47.3 Å². The lowest BCUT2D eigenvalue weighted by Gasteiger charge is -2.29. The van der Waals surface area contributed by atoms with Crippen LogP contribution in [0.25, 0.3) is 0 Å². The van der Waals surface area contributed by atoms with Gasteiger partial charge in [0, 0.05) is 31.3 Å². The van der Waals surface area contributed by atoms with E-state index in [0.717, 1.165) is 24.1 Å². The molecule has 1 aliphatic carbocycles. The molecule has 0 N–H and O–H groups in total. The Kier molecular flexibility index (Phi) is 4.94. The monoisotopic (exact) mass is 419 g/mol. The summed E-state index contributed by atoms with van der Waals surface area (Å²) < 4.78 is 32.2. The van der Waals surface area contributed by atoms with E-state index in [1.807, 2.05) is 6.92 Å². The Morgan fingerprint density at radius 3 is 2.48 bits per heavy atom. The highest BCUT2D eigenvalue weighted by molar-refractivity contribution is 7.89. The highest BCUT2D eigenvalue weighted by Crippen LogP contribution is 2.35. The topological polar surface area (TPSA) is 110 Å². The highest BCUT2D eigenvalue weighted by atomic mass is 32.2. The maximum Gasteiger partial charge on any atom is 0.248 e. The van der Waals surface area contributed by atoms with Crippen LogP contribution in [0.2, 0.25) is 0 Å². The van der Waals surface area contributed by atoms with Crippen LogP contribution in [0.15, 0.2) is 9.42 Å². The van der Waals surface area contributed by atoms with Crippen LogP contribution in [0.1, 0.15) is 47.8 Å². The van der Waals surface area contributed by atoms with Crippen LogP contribution in [0.3, 0.4) is 0 Å². The maximum absolute atomic E-state index is 13.0. The lowest BCUT2D eigenvalue weighted by Crippen LogP contribution is -2.38. The van der Waals surface area contributed by atoms with Gasteiger partial charge in [0.15, 0.2) is 5.76 Å². The average molecular weight is 420 g/mol. The summed E-state index contributed by atoms with van der Waals surface area (Å²) >= 11 is 0. The smallest absolute Gasteiger partial charge is 0.248 e. The number of carbonyl (C=O) groups is 1. The molecule has 2 aromatic rings. The summed E-state index contributed by atoms with van der Waals surface area (Å²) in [5, 5.41) is 3.74. The van der Waals surface area contributed by atoms with Gasteiger partial charge in [-0.1, -0.05) is 5.16 Å². The van der Waals surface area contributed by atoms with Gasteiger partial charge < -0.3 is 4.52 Å². The van der Waals surface area contributed by atoms with Gasteiger partial charge in [-0.2, -0.15) is 4.31 Å². The minimum atomic E-state index is -3.81. The molecule has 0 saturated heterocycles. The summed E-state index contributed by atoms with van der Waals surface area (Å²) in [6.45, 7) is 5.72. The Balaban J connectivity index is 1.65. The number of amides is 1. The Morgan fingerprint density at radius 1 is 1.14 bits per heavy atom. The quantitative estimate of drug-likeness (QED) is 0.703. The lowest BCUT2D eigenvalue weighted by atomic mass is 10.0. The van der Waals surface area contributed by atoms with Crippen LogP contribution in [0, 0.1) is 26.7 Å². The van der Waals surface area contributed by atoms with Crippen molar-refractivity contribution < 1.29 is 17.7 Å². The largest absolute Gasteiger partial charge is 0.360 e. The molecule has 2 aliphatic rings. The van der Waals surface area contributed by atoms with Crippen molar-refractivity contribution >= 4 is 21.7 Å². The summed E-state index contributed by atoms with van der Waals surface area (Å²) in [5.41, 5.74) is 2.09. The minimum absolute atomic E-state index is 0.00796. The van der Waals surface area contributed by atoms with Gasteiger partial charge in [0.25, 0.3) is 0 Å². The van der Waals surface area contributed by atoms with Crippen molar-refractivity contribution in [2.24, 2.45) is 5.92 Å². The van der Waals surface area contributed by atoms with E-state index in [-0.39, 0.29) is 23.1 Å². The average Bonchev–Trinajstić information content (AvgIpc) is 3.40. The Morgan fingerprint density at radius 2 is 1.86 bits per heavy atom. The molecule has 1 aliphatic heterocycles. The fourth-order valence-electron chi connectivity index (χ4n) is 3.74. The summed E-state index contributed by atoms with van der Waals surface area (Å²) in [7, 11) is -2.33. The molecule has 0 unspecified atom stereocenters. The number of rotatable bonds is 6. The van der Waals surface area contributed by atoms with Crippen LogP contribution in [0.4, 0.5) is 5.82 Å². The van der Waals surface area contributed by atoms with Crippen LogP contribution in [0.5, 0.6) is 0 Å². The van der Waals surface area contributed by atoms with Gasteiger partial charge in [0.1, 0.15) is 22.2 Å². The number of aryl methyl sites for hydroxylation is 3. The van der Waals surface area contributed by atoms with Gasteiger partial charge in [-0.15, -0.1) is 0 Å². The molecular weight excluding hydrogens is 394 g/mol. The van der Waals surface area contributed by atoms with E-state index in [9.17, 15) is 13.2 Å². The molecule has 1 saturated carbocycles. The molecule has 0 spiro atoms. The molecule has 1 amide bonds. The first-order chi connectivity index (χ1) is 13.7. The third-order valence-corrected chi connectivity index (χ3v) is 7.57. The summed E-state index contributed by atoms with van der Waals surface area (Å²) in [6, 6.07) is 0. The first-order valence-electron chi connectivity index (χ1n) is 9.74. The summed E-state index contributed by atoms with van der Waals surface area (Å²) in [6.07, 6.45) is 3.35. The second-order valence-corrected chi connectivity index (χ2v) is 9.87. The third-order valence-electron chi connectivity index (χ3n) is 5.52. The van der Waals surface area contributed by atoms with Gasteiger partial charge in [0.05, 0.1) is 6.54 Å². The third kappa shape index (κ3) is 3.66. The van der Waals surface area contributed by atoms with Crippen molar-refractivity contribution in [2.45, 2.75) is 57.9 Å². The number of nitrogens with zero attached hydrogens (tertiary/aromatic N) is 5. The van der Waals surface area contributed by atoms with E-state index in [1.165, 1.54) is 11.4 Å². The van der Waals surface area contributed by atoms with Crippen molar-refractivity contribution in [3.8, 4) is 0 Å². The van der Waals surface area contributed by atoms with E-state index < -0.39 is 10.0 Å². The lowest BCUT2D eigenvalue weighted by molar-refractivity contribution is -0.119. The SMILES string of the molecule is Cc1nc(CN(C)S(=O)(=O)c2c(C)noc2C)nc2c1CCC(=O)N2CC1CC1. The first-order valence-corrected chi connectivity index (χ1v) is 11.2. The van der Waals surface area contributed by atoms with Crippen molar-refractivity contribution in [1.82, 2.24) is 19.4 Å². The van der Waals surface area contributed by atoms with Gasteiger partial charge >= 0.3 is 0 Å². The summed E-state index contributed by atoms with van der Waals surface area (Å²) in [5.74, 6) is 1.86. The van der Waals surface area contributed by atoms with E-state index in [4.69, 9.17) is 4.52 Å². The van der Waals surface area contributed by atoms with Crippen LogP contribution in [-0.2, 0) is 27.8 Å². The number of anilines is 1. The fourth-order valence-corrected chi connectivity index (χ4v) is 5.15. The Bertz CT molecular complexity index is 1060. The van der Waals surface area contributed by atoms with Gasteiger partial charge in [-0.25, -0.2) is 18.4 Å². The number of carbonyl (C=O) groups excluding carboxylic acids is 1. The Hall–Kier alpha value is -2.33. The van der Waals surface area contributed by atoms with Gasteiger partial charge in [-0.3, -0.25) is 9.69 Å². The van der Waals surface area contributed by atoms with E-state index >= 15 is 0 Å². The first kappa shape index (κ1) is 20.0. The molecule has 29 heavy (non-hydrogen) atoms. The van der Waals surface area contributed by atoms with Crippen molar-refractivity contribution in [2.75, 3.05) is 18.5 Å². The number of hydrogen-bond acceptors (Lipinski definition) is 7. The van der Waals surface area contributed by atoms with Crippen LogP contribution < -0.4 is 4.90 Å². The van der Waals surface area contributed by atoms with Crippen molar-refractivity contribution in [3.63, 3.8) is 0 Å². The molecule has 0 aromatic carbocycles. The fraction of sp³-hybridized carbons (Fsp3) is 0.579. The van der Waals surface area contributed by atoms with E-state index in [1.54, 1.807) is 18.7 Å². The normalized spacial score (nSPS) is 17.1. The van der Waals surface area contributed by atoms with Crippen molar-refractivity contribution in [3.05, 3.63) is 28.5 Å². The molecular formula is C19H25N5O4S. The molecule has 0 radical (unpaired) electrons. The molecule has 156 valence electrons.